The number of rotatable bonds is 3. The topological polar surface area (TPSA) is 37.8 Å². The van der Waals surface area contributed by atoms with E-state index in [-0.39, 0.29) is 12.4 Å². The standard InChI is InChI=1S/C16H18ClN3.ClH/c1-11-13(9-12-4-6-14(17)7-5-12)10-19-16(20-11)15-3-2-8-18-15;/h4-7,10,15,18H,2-3,8-9H2,1H3;1H/t15-;/m1./s1. The summed E-state index contributed by atoms with van der Waals surface area (Å²) in [6.07, 6.45) is 5.16. The molecule has 3 rings (SSSR count). The van der Waals surface area contributed by atoms with Crippen LogP contribution in [0.2, 0.25) is 5.02 Å². The average Bonchev–Trinajstić information content (AvgIpc) is 2.97. The lowest BCUT2D eigenvalue weighted by Gasteiger charge is -2.11. The van der Waals surface area contributed by atoms with Crippen LogP contribution < -0.4 is 5.32 Å². The third-order valence-electron chi connectivity index (χ3n) is 3.78. The summed E-state index contributed by atoms with van der Waals surface area (Å²) in [6.45, 7) is 3.13. The summed E-state index contributed by atoms with van der Waals surface area (Å²) in [6, 6.07) is 8.27. The molecule has 112 valence electrons. The maximum Gasteiger partial charge on any atom is 0.145 e. The molecule has 0 unspecified atom stereocenters. The van der Waals surface area contributed by atoms with Gasteiger partial charge < -0.3 is 5.32 Å². The third kappa shape index (κ3) is 3.94. The predicted molar refractivity (Wildman–Crippen MR) is 88.3 cm³/mol. The number of hydrogen-bond donors (Lipinski definition) is 1. The van der Waals surface area contributed by atoms with Crippen molar-refractivity contribution in [1.82, 2.24) is 15.3 Å². The number of nitrogens with zero attached hydrogens (tertiary/aromatic N) is 2. The normalized spacial score (nSPS) is 17.5. The Bertz CT molecular complexity index is 593. The number of halogens is 2. The summed E-state index contributed by atoms with van der Waals surface area (Å²) in [4.78, 5) is 9.20. The van der Waals surface area contributed by atoms with E-state index in [1.54, 1.807) is 0 Å². The van der Waals surface area contributed by atoms with Gasteiger partial charge in [0.15, 0.2) is 0 Å². The summed E-state index contributed by atoms with van der Waals surface area (Å²) in [5, 5.41) is 4.20. The Balaban J connectivity index is 0.00000161. The zero-order valence-electron chi connectivity index (χ0n) is 12.0. The van der Waals surface area contributed by atoms with Gasteiger partial charge in [0.2, 0.25) is 0 Å². The van der Waals surface area contributed by atoms with E-state index < -0.39 is 0 Å². The number of benzene rings is 1. The second-order valence-electron chi connectivity index (χ2n) is 5.29. The first-order chi connectivity index (χ1) is 9.72. The summed E-state index contributed by atoms with van der Waals surface area (Å²) >= 11 is 5.91. The quantitative estimate of drug-likeness (QED) is 0.931. The molecule has 2 heterocycles. The third-order valence-corrected chi connectivity index (χ3v) is 4.03. The Hall–Kier alpha value is -1.16. The van der Waals surface area contributed by atoms with Gasteiger partial charge in [-0.15, -0.1) is 12.4 Å². The summed E-state index contributed by atoms with van der Waals surface area (Å²) in [5.41, 5.74) is 3.47. The highest BCUT2D eigenvalue weighted by atomic mass is 35.5. The second kappa shape index (κ2) is 7.21. The zero-order valence-corrected chi connectivity index (χ0v) is 13.5. The van der Waals surface area contributed by atoms with Crippen molar-refractivity contribution in [2.45, 2.75) is 32.2 Å². The van der Waals surface area contributed by atoms with Gasteiger partial charge in [0.25, 0.3) is 0 Å². The minimum atomic E-state index is 0. The van der Waals surface area contributed by atoms with Gasteiger partial charge >= 0.3 is 0 Å². The smallest absolute Gasteiger partial charge is 0.145 e. The lowest BCUT2D eigenvalue weighted by molar-refractivity contribution is 0.600. The van der Waals surface area contributed by atoms with Gasteiger partial charge in [-0.1, -0.05) is 23.7 Å². The highest BCUT2D eigenvalue weighted by Crippen LogP contribution is 2.21. The van der Waals surface area contributed by atoms with Crippen LogP contribution in [0.4, 0.5) is 0 Å². The van der Waals surface area contributed by atoms with Gasteiger partial charge in [-0.25, -0.2) is 9.97 Å². The molecule has 0 amide bonds. The maximum atomic E-state index is 5.91. The predicted octanol–water partition coefficient (Wildman–Crippen LogP) is 3.88. The maximum absolute atomic E-state index is 5.91. The van der Waals surface area contributed by atoms with Gasteiger partial charge in [0.1, 0.15) is 5.82 Å². The van der Waals surface area contributed by atoms with Crippen LogP contribution in [-0.2, 0) is 6.42 Å². The molecule has 1 atom stereocenters. The molecular formula is C16H19Cl2N3. The van der Waals surface area contributed by atoms with E-state index in [0.29, 0.717) is 6.04 Å². The SMILES string of the molecule is Cc1nc([C@H]2CCCN2)ncc1Cc1ccc(Cl)cc1.Cl. The Kier molecular flexibility index (Phi) is 5.57. The Labute approximate surface area is 136 Å². The van der Waals surface area contributed by atoms with E-state index in [1.807, 2.05) is 30.5 Å². The van der Waals surface area contributed by atoms with Crippen LogP contribution in [0.1, 0.15) is 41.5 Å². The zero-order chi connectivity index (χ0) is 13.9. The van der Waals surface area contributed by atoms with E-state index in [2.05, 4.69) is 22.2 Å². The first-order valence-corrected chi connectivity index (χ1v) is 7.40. The van der Waals surface area contributed by atoms with Crippen LogP contribution in [-0.4, -0.2) is 16.5 Å². The van der Waals surface area contributed by atoms with Crippen LogP contribution in [0.15, 0.2) is 30.5 Å². The Morgan fingerprint density at radius 1 is 1.29 bits per heavy atom. The van der Waals surface area contributed by atoms with Crippen LogP contribution in [0.5, 0.6) is 0 Å². The van der Waals surface area contributed by atoms with Gasteiger partial charge in [-0.2, -0.15) is 0 Å². The monoisotopic (exact) mass is 323 g/mol. The van der Waals surface area contributed by atoms with Crippen LogP contribution in [0, 0.1) is 6.92 Å². The van der Waals surface area contributed by atoms with Crippen molar-refractivity contribution in [3.63, 3.8) is 0 Å². The molecule has 0 radical (unpaired) electrons. The second-order valence-corrected chi connectivity index (χ2v) is 5.73. The fourth-order valence-corrected chi connectivity index (χ4v) is 2.70. The fraction of sp³-hybridized carbons (Fsp3) is 0.375. The van der Waals surface area contributed by atoms with Crippen molar-refractivity contribution in [1.29, 1.82) is 0 Å². The minimum Gasteiger partial charge on any atom is -0.307 e. The van der Waals surface area contributed by atoms with Gasteiger partial charge in [0.05, 0.1) is 6.04 Å². The lowest BCUT2D eigenvalue weighted by Crippen LogP contribution is -2.16. The molecule has 1 aliphatic rings. The molecule has 0 aliphatic carbocycles. The van der Waals surface area contributed by atoms with Crippen molar-refractivity contribution >= 4 is 24.0 Å². The highest BCUT2D eigenvalue weighted by Gasteiger charge is 2.19. The minimum absolute atomic E-state index is 0. The van der Waals surface area contributed by atoms with Crippen LogP contribution >= 0.6 is 24.0 Å². The molecular weight excluding hydrogens is 305 g/mol. The lowest BCUT2D eigenvalue weighted by atomic mass is 10.1. The molecule has 1 N–H and O–H groups in total. The molecule has 5 heteroatoms. The van der Waals surface area contributed by atoms with Crippen molar-refractivity contribution in [3.8, 4) is 0 Å². The first kappa shape index (κ1) is 16.2. The molecule has 0 bridgehead atoms. The molecule has 2 aromatic rings. The first-order valence-electron chi connectivity index (χ1n) is 7.02. The van der Waals surface area contributed by atoms with Crippen molar-refractivity contribution in [2.24, 2.45) is 0 Å². The van der Waals surface area contributed by atoms with Crippen molar-refractivity contribution < 1.29 is 0 Å². The van der Waals surface area contributed by atoms with E-state index >= 15 is 0 Å². The van der Waals surface area contributed by atoms with Gasteiger partial charge in [-0.05, 0) is 49.6 Å². The Morgan fingerprint density at radius 2 is 2.05 bits per heavy atom. The Morgan fingerprint density at radius 3 is 2.67 bits per heavy atom. The van der Waals surface area contributed by atoms with E-state index in [4.69, 9.17) is 11.6 Å². The summed E-state index contributed by atoms with van der Waals surface area (Å²) in [5.74, 6) is 0.930. The van der Waals surface area contributed by atoms with E-state index in [9.17, 15) is 0 Å². The van der Waals surface area contributed by atoms with E-state index in [1.165, 1.54) is 17.5 Å². The molecule has 0 saturated carbocycles. The number of aromatic nitrogens is 2. The fourth-order valence-electron chi connectivity index (χ4n) is 2.58. The van der Waals surface area contributed by atoms with Crippen LogP contribution in [0.3, 0.4) is 0 Å². The summed E-state index contributed by atoms with van der Waals surface area (Å²) < 4.78 is 0. The van der Waals surface area contributed by atoms with E-state index in [0.717, 1.165) is 35.9 Å². The average molecular weight is 324 g/mol. The van der Waals surface area contributed by atoms with Crippen molar-refractivity contribution in [3.05, 3.63) is 58.1 Å². The van der Waals surface area contributed by atoms with Gasteiger partial charge in [0, 0.05) is 23.3 Å². The molecule has 3 nitrogen and oxygen atoms in total. The number of hydrogen-bond acceptors (Lipinski definition) is 3. The molecule has 1 aromatic carbocycles. The molecule has 1 saturated heterocycles. The number of nitrogens with one attached hydrogen (secondary N) is 1. The molecule has 1 aromatic heterocycles. The molecule has 1 aliphatic heterocycles. The molecule has 0 spiro atoms. The molecule has 21 heavy (non-hydrogen) atoms. The van der Waals surface area contributed by atoms with Gasteiger partial charge in [-0.3, -0.25) is 0 Å². The van der Waals surface area contributed by atoms with Crippen LogP contribution in [0.25, 0.3) is 0 Å². The largest absolute Gasteiger partial charge is 0.307 e. The highest BCUT2D eigenvalue weighted by molar-refractivity contribution is 6.30. The molecule has 1 fully saturated rings. The number of aryl methyl sites for hydroxylation is 1. The summed E-state index contributed by atoms with van der Waals surface area (Å²) in [7, 11) is 0. The van der Waals surface area contributed by atoms with Crippen molar-refractivity contribution in [2.75, 3.05) is 6.54 Å².